The third-order valence-corrected chi connectivity index (χ3v) is 8.66. The number of thioether (sulfide) groups is 1. The molecule has 0 amide bonds. The largest absolute Gasteiger partial charge is 0.464 e. The number of fused-ring (bicyclic) bond motifs is 1. The van der Waals surface area contributed by atoms with Gasteiger partial charge in [-0.15, -0.1) is 11.3 Å². The monoisotopic (exact) mass is 552 g/mol. The van der Waals surface area contributed by atoms with Crippen LogP contribution in [-0.2, 0) is 17.5 Å². The third-order valence-electron chi connectivity index (χ3n) is 6.46. The second-order valence-electron chi connectivity index (χ2n) is 8.75. The number of nitriles is 1. The number of ether oxygens (including phenoxy) is 1. The maximum atomic E-state index is 12.6. The van der Waals surface area contributed by atoms with Gasteiger partial charge in [-0.3, -0.25) is 0 Å². The lowest BCUT2D eigenvalue weighted by atomic mass is 10.1. The molecule has 0 spiro atoms. The lowest BCUT2D eigenvalue weighted by Crippen LogP contribution is -2.30. The van der Waals surface area contributed by atoms with Crippen molar-refractivity contribution in [2.45, 2.75) is 30.0 Å². The van der Waals surface area contributed by atoms with Gasteiger partial charge in [0.2, 0.25) is 0 Å². The summed E-state index contributed by atoms with van der Waals surface area (Å²) in [7, 11) is 3.07. The molecule has 1 aromatic carbocycles. The summed E-state index contributed by atoms with van der Waals surface area (Å²) in [6.07, 6.45) is 3.20. The van der Waals surface area contributed by atoms with E-state index in [0.29, 0.717) is 32.4 Å². The first-order valence-electron chi connectivity index (χ1n) is 11.8. The van der Waals surface area contributed by atoms with Crippen LogP contribution in [0.1, 0.15) is 41.0 Å². The van der Waals surface area contributed by atoms with E-state index in [0.717, 1.165) is 54.3 Å². The summed E-state index contributed by atoms with van der Waals surface area (Å²) < 4.78 is 6.65. The van der Waals surface area contributed by atoms with Gasteiger partial charge in [0.15, 0.2) is 5.69 Å². The number of piperidine rings is 1. The number of carbonyl (C=O) groups is 1. The van der Waals surface area contributed by atoms with Crippen molar-refractivity contribution in [2.75, 3.05) is 30.8 Å². The molecule has 190 valence electrons. The Bertz CT molecular complexity index is 1520. The number of carbonyl (C=O) groups excluding carboxylic acids is 1. The number of aryl methyl sites for hydroxylation is 1. The van der Waals surface area contributed by atoms with Gasteiger partial charge in [0.05, 0.1) is 29.6 Å². The molecule has 1 fully saturated rings. The number of nitrogens with two attached hydrogens (primary N) is 1. The minimum atomic E-state index is -0.535. The molecule has 8 nitrogen and oxygen atoms in total. The average Bonchev–Trinajstić information content (AvgIpc) is 3.49. The van der Waals surface area contributed by atoms with Crippen molar-refractivity contribution in [1.82, 2.24) is 14.5 Å². The van der Waals surface area contributed by atoms with E-state index < -0.39 is 5.97 Å². The molecule has 1 aliphatic heterocycles. The van der Waals surface area contributed by atoms with Crippen LogP contribution in [0.25, 0.3) is 21.6 Å². The molecule has 2 N–H and O–H groups in total. The predicted molar refractivity (Wildman–Crippen MR) is 149 cm³/mol. The Hall–Kier alpha value is -3.26. The van der Waals surface area contributed by atoms with Crippen molar-refractivity contribution in [1.29, 1.82) is 5.26 Å². The minimum absolute atomic E-state index is 0.237. The Labute approximate surface area is 228 Å². The van der Waals surface area contributed by atoms with Gasteiger partial charge in [0.25, 0.3) is 0 Å². The number of nitrogen functional groups attached to an aromatic ring is 1. The molecular weight excluding hydrogens is 528 g/mol. The molecular formula is C26H25ClN6O2S2. The average molecular weight is 553 g/mol. The summed E-state index contributed by atoms with van der Waals surface area (Å²) in [5, 5.41) is 15.1. The molecule has 0 saturated carbocycles. The second kappa shape index (κ2) is 10.6. The number of thiazole rings is 1. The molecule has 11 heteroatoms. The van der Waals surface area contributed by atoms with E-state index >= 15 is 0 Å². The van der Waals surface area contributed by atoms with Crippen LogP contribution < -0.4 is 10.6 Å². The molecule has 1 aliphatic rings. The Kier molecular flexibility index (Phi) is 7.29. The van der Waals surface area contributed by atoms with Crippen LogP contribution in [0, 0.1) is 11.3 Å². The molecule has 37 heavy (non-hydrogen) atoms. The van der Waals surface area contributed by atoms with E-state index in [2.05, 4.69) is 11.0 Å². The van der Waals surface area contributed by atoms with Gasteiger partial charge in [-0.1, -0.05) is 35.5 Å². The summed E-state index contributed by atoms with van der Waals surface area (Å²) in [5.41, 5.74) is 10.7. The number of halogens is 1. The predicted octanol–water partition coefficient (Wildman–Crippen LogP) is 5.87. The number of pyridine rings is 1. The van der Waals surface area contributed by atoms with Crippen LogP contribution in [0.5, 0.6) is 0 Å². The van der Waals surface area contributed by atoms with Crippen LogP contribution >= 0.6 is 34.7 Å². The normalized spacial score (nSPS) is 13.6. The van der Waals surface area contributed by atoms with Gasteiger partial charge >= 0.3 is 5.97 Å². The van der Waals surface area contributed by atoms with Crippen LogP contribution in [0.3, 0.4) is 0 Å². The number of aromatic nitrogens is 3. The van der Waals surface area contributed by atoms with Crippen LogP contribution in [-0.4, -0.2) is 40.7 Å². The molecule has 4 heterocycles. The maximum Gasteiger partial charge on any atom is 0.356 e. The van der Waals surface area contributed by atoms with E-state index in [1.807, 2.05) is 29.6 Å². The molecule has 0 atom stereocenters. The zero-order chi connectivity index (χ0) is 26.1. The highest BCUT2D eigenvalue weighted by Crippen LogP contribution is 2.42. The van der Waals surface area contributed by atoms with Crippen LogP contribution in [0.15, 0.2) is 34.7 Å². The van der Waals surface area contributed by atoms with Crippen molar-refractivity contribution in [2.24, 2.45) is 7.05 Å². The minimum Gasteiger partial charge on any atom is -0.464 e. The Morgan fingerprint density at radius 3 is 2.65 bits per heavy atom. The lowest BCUT2D eigenvalue weighted by Gasteiger charge is -2.30. The molecule has 5 rings (SSSR count). The first kappa shape index (κ1) is 25.4. The van der Waals surface area contributed by atoms with Crippen LogP contribution in [0.2, 0.25) is 5.02 Å². The van der Waals surface area contributed by atoms with Gasteiger partial charge in [-0.2, -0.15) is 5.26 Å². The second-order valence-corrected chi connectivity index (χ2v) is 11.0. The van der Waals surface area contributed by atoms with Gasteiger partial charge in [-0.25, -0.2) is 14.8 Å². The number of anilines is 2. The van der Waals surface area contributed by atoms with Crippen molar-refractivity contribution >= 4 is 63.1 Å². The zero-order valence-electron chi connectivity index (χ0n) is 20.5. The fraction of sp³-hybridized carbons (Fsp3) is 0.308. The number of methoxy groups -OCH3 is 1. The van der Waals surface area contributed by atoms with Crippen LogP contribution in [0.4, 0.5) is 11.4 Å². The Balaban J connectivity index is 1.56. The molecule has 3 aromatic heterocycles. The number of hydrogen-bond acceptors (Lipinski definition) is 9. The standard InChI is InChI=1S/C26H25ClN6O2S2/c1-32-22(26(34)35-2)20(29)19-21(33-10-4-3-5-11-33)18(12-28)25(31-23(19)32)37-14-17-13-36-24(30-17)15-6-8-16(27)9-7-15/h6-9,13H,3-5,10-11,14,29H2,1-2H3. The highest BCUT2D eigenvalue weighted by molar-refractivity contribution is 7.98. The molecule has 0 bridgehead atoms. The van der Waals surface area contributed by atoms with Crippen molar-refractivity contribution in [3.8, 4) is 16.6 Å². The molecule has 0 aliphatic carbocycles. The molecule has 0 unspecified atom stereocenters. The quantitative estimate of drug-likeness (QED) is 0.233. The van der Waals surface area contributed by atoms with Gasteiger partial charge in [0, 0.05) is 41.9 Å². The third kappa shape index (κ3) is 4.75. The summed E-state index contributed by atoms with van der Waals surface area (Å²) >= 11 is 9.04. The van der Waals surface area contributed by atoms with Gasteiger partial charge in [0.1, 0.15) is 27.3 Å². The van der Waals surface area contributed by atoms with Gasteiger partial charge < -0.3 is 19.9 Å². The summed E-state index contributed by atoms with van der Waals surface area (Å²) in [6, 6.07) is 9.98. The SMILES string of the molecule is COC(=O)c1c(N)c2c(N3CCCCC3)c(C#N)c(SCc3csc(-c4ccc(Cl)cc4)n3)nc2n1C. The lowest BCUT2D eigenvalue weighted by molar-refractivity contribution is 0.0591. The van der Waals surface area contributed by atoms with E-state index in [-0.39, 0.29) is 11.4 Å². The molecule has 4 aromatic rings. The maximum absolute atomic E-state index is 12.6. The van der Waals surface area contributed by atoms with E-state index in [1.54, 1.807) is 23.0 Å². The first-order valence-corrected chi connectivity index (χ1v) is 14.1. The van der Waals surface area contributed by atoms with Crippen molar-refractivity contribution in [3.05, 3.63) is 51.6 Å². The number of rotatable bonds is 6. The highest BCUT2D eigenvalue weighted by atomic mass is 35.5. The number of nitrogens with zero attached hydrogens (tertiary/aromatic N) is 5. The number of benzene rings is 1. The fourth-order valence-electron chi connectivity index (χ4n) is 4.66. The van der Waals surface area contributed by atoms with Crippen molar-refractivity contribution in [3.63, 3.8) is 0 Å². The summed E-state index contributed by atoms with van der Waals surface area (Å²) in [4.78, 5) is 24.4. The summed E-state index contributed by atoms with van der Waals surface area (Å²) in [6.45, 7) is 1.63. The Morgan fingerprint density at radius 2 is 1.97 bits per heavy atom. The first-order chi connectivity index (χ1) is 17.9. The number of esters is 1. The fourth-order valence-corrected chi connectivity index (χ4v) is 6.59. The number of hydrogen-bond donors (Lipinski definition) is 1. The highest BCUT2D eigenvalue weighted by Gasteiger charge is 2.29. The van der Waals surface area contributed by atoms with Gasteiger partial charge in [-0.05, 0) is 31.4 Å². The molecule has 1 saturated heterocycles. The summed E-state index contributed by atoms with van der Waals surface area (Å²) in [5.74, 6) is 0.00743. The zero-order valence-corrected chi connectivity index (χ0v) is 22.8. The topological polar surface area (TPSA) is 110 Å². The molecule has 0 radical (unpaired) electrons. The smallest absolute Gasteiger partial charge is 0.356 e. The Morgan fingerprint density at radius 1 is 1.24 bits per heavy atom. The van der Waals surface area contributed by atoms with E-state index in [4.69, 9.17) is 32.0 Å². The van der Waals surface area contributed by atoms with E-state index in [9.17, 15) is 10.1 Å². The van der Waals surface area contributed by atoms with E-state index in [1.165, 1.54) is 18.9 Å². The van der Waals surface area contributed by atoms with Crippen molar-refractivity contribution < 1.29 is 9.53 Å².